The molecule has 1 atom stereocenters. The number of methoxy groups -OCH3 is 1. The SMILES string of the molecule is COc1ccccc1Oc1c(CN(Cc2ccc(F)cc2)CC(C)O)c(C)nn1-c1ccccc1. The van der Waals surface area contributed by atoms with Crippen LogP contribution in [0.1, 0.15) is 23.7 Å². The van der Waals surface area contributed by atoms with Crippen molar-refractivity contribution in [1.29, 1.82) is 0 Å². The normalized spacial score (nSPS) is 12.1. The van der Waals surface area contributed by atoms with Crippen LogP contribution in [0.2, 0.25) is 0 Å². The molecular weight excluding hydrogens is 445 g/mol. The molecule has 1 N–H and O–H groups in total. The molecule has 0 amide bonds. The van der Waals surface area contributed by atoms with Crippen LogP contribution in [0.5, 0.6) is 17.4 Å². The summed E-state index contributed by atoms with van der Waals surface area (Å²) >= 11 is 0. The second-order valence-corrected chi connectivity index (χ2v) is 8.51. The van der Waals surface area contributed by atoms with Gasteiger partial charge in [-0.3, -0.25) is 4.90 Å². The van der Waals surface area contributed by atoms with E-state index in [0.29, 0.717) is 37.0 Å². The van der Waals surface area contributed by atoms with Crippen LogP contribution in [0, 0.1) is 12.7 Å². The molecule has 0 fully saturated rings. The maximum atomic E-state index is 13.4. The van der Waals surface area contributed by atoms with Crippen LogP contribution in [-0.4, -0.2) is 39.5 Å². The third kappa shape index (κ3) is 6.07. The third-order valence-electron chi connectivity index (χ3n) is 5.64. The van der Waals surface area contributed by atoms with E-state index in [1.807, 2.05) is 61.5 Å². The van der Waals surface area contributed by atoms with E-state index >= 15 is 0 Å². The number of benzene rings is 3. The molecule has 1 unspecified atom stereocenters. The van der Waals surface area contributed by atoms with Crippen molar-refractivity contribution in [3.63, 3.8) is 0 Å². The number of nitrogens with zero attached hydrogens (tertiary/aromatic N) is 3. The first-order valence-electron chi connectivity index (χ1n) is 11.5. The average molecular weight is 476 g/mol. The van der Waals surface area contributed by atoms with Crippen molar-refractivity contribution in [3.05, 3.63) is 102 Å². The fourth-order valence-electron chi connectivity index (χ4n) is 4.01. The maximum absolute atomic E-state index is 13.4. The topological polar surface area (TPSA) is 59.8 Å². The molecule has 4 rings (SSSR count). The summed E-state index contributed by atoms with van der Waals surface area (Å²) in [6, 6.07) is 23.7. The summed E-state index contributed by atoms with van der Waals surface area (Å²) in [4.78, 5) is 2.10. The zero-order valence-electron chi connectivity index (χ0n) is 20.2. The summed E-state index contributed by atoms with van der Waals surface area (Å²) in [6.45, 7) is 5.15. The van der Waals surface area contributed by atoms with Crippen LogP contribution in [-0.2, 0) is 13.1 Å². The largest absolute Gasteiger partial charge is 0.493 e. The lowest BCUT2D eigenvalue weighted by molar-refractivity contribution is 0.117. The van der Waals surface area contributed by atoms with E-state index in [1.54, 1.807) is 30.8 Å². The van der Waals surface area contributed by atoms with Gasteiger partial charge in [0, 0.05) is 19.6 Å². The quantitative estimate of drug-likeness (QED) is 0.328. The van der Waals surface area contributed by atoms with Crippen LogP contribution in [0.15, 0.2) is 78.9 Å². The van der Waals surface area contributed by atoms with Crippen molar-refractivity contribution in [2.75, 3.05) is 13.7 Å². The molecule has 0 spiro atoms. The molecule has 0 aliphatic rings. The molecule has 6 nitrogen and oxygen atoms in total. The minimum Gasteiger partial charge on any atom is -0.493 e. The zero-order valence-corrected chi connectivity index (χ0v) is 20.2. The fourth-order valence-corrected chi connectivity index (χ4v) is 4.01. The lowest BCUT2D eigenvalue weighted by Gasteiger charge is -2.24. The van der Waals surface area contributed by atoms with Gasteiger partial charge in [0.15, 0.2) is 11.5 Å². The van der Waals surface area contributed by atoms with Crippen LogP contribution in [0.4, 0.5) is 4.39 Å². The lowest BCUT2D eigenvalue weighted by atomic mass is 10.1. The molecule has 0 saturated carbocycles. The van der Waals surface area contributed by atoms with E-state index in [9.17, 15) is 9.50 Å². The van der Waals surface area contributed by atoms with Gasteiger partial charge in [0.25, 0.3) is 0 Å². The van der Waals surface area contributed by atoms with E-state index in [2.05, 4.69) is 4.90 Å². The highest BCUT2D eigenvalue weighted by atomic mass is 19.1. The van der Waals surface area contributed by atoms with E-state index in [4.69, 9.17) is 14.6 Å². The summed E-state index contributed by atoms with van der Waals surface area (Å²) in [5, 5.41) is 15.0. The summed E-state index contributed by atoms with van der Waals surface area (Å²) in [5.41, 5.74) is 3.52. The number of para-hydroxylation sites is 3. The minimum absolute atomic E-state index is 0.275. The van der Waals surface area contributed by atoms with Gasteiger partial charge in [-0.05, 0) is 55.8 Å². The summed E-state index contributed by atoms with van der Waals surface area (Å²) in [5.74, 6) is 1.49. The molecule has 0 aliphatic heterocycles. The van der Waals surface area contributed by atoms with Crippen molar-refractivity contribution in [2.24, 2.45) is 0 Å². The monoisotopic (exact) mass is 475 g/mol. The second-order valence-electron chi connectivity index (χ2n) is 8.51. The summed E-state index contributed by atoms with van der Waals surface area (Å²) < 4.78 is 27.2. The Morgan fingerprint density at radius 1 is 0.943 bits per heavy atom. The fraction of sp³-hybridized carbons (Fsp3) is 0.250. The van der Waals surface area contributed by atoms with Gasteiger partial charge in [-0.25, -0.2) is 9.07 Å². The Kier molecular flexibility index (Phi) is 7.80. The van der Waals surface area contributed by atoms with Crippen molar-refractivity contribution >= 4 is 0 Å². The van der Waals surface area contributed by atoms with Crippen LogP contribution in [0.3, 0.4) is 0 Å². The van der Waals surface area contributed by atoms with Gasteiger partial charge in [-0.1, -0.05) is 42.5 Å². The molecule has 4 aromatic rings. The second kappa shape index (κ2) is 11.2. The molecule has 0 saturated heterocycles. The highest BCUT2D eigenvalue weighted by Gasteiger charge is 2.23. The molecule has 182 valence electrons. The van der Waals surface area contributed by atoms with Crippen molar-refractivity contribution in [2.45, 2.75) is 33.0 Å². The number of aromatic nitrogens is 2. The first-order chi connectivity index (χ1) is 16.9. The Balaban J connectivity index is 1.74. The van der Waals surface area contributed by atoms with Gasteiger partial charge in [-0.15, -0.1) is 0 Å². The lowest BCUT2D eigenvalue weighted by Crippen LogP contribution is -2.30. The Bertz CT molecular complexity index is 1240. The Morgan fingerprint density at radius 2 is 1.60 bits per heavy atom. The van der Waals surface area contributed by atoms with E-state index in [-0.39, 0.29) is 5.82 Å². The highest BCUT2D eigenvalue weighted by Crippen LogP contribution is 2.36. The highest BCUT2D eigenvalue weighted by molar-refractivity contribution is 5.47. The molecule has 1 aromatic heterocycles. The number of aliphatic hydroxyl groups is 1. The van der Waals surface area contributed by atoms with Gasteiger partial charge in [0.2, 0.25) is 5.88 Å². The van der Waals surface area contributed by atoms with Crippen molar-refractivity contribution in [1.82, 2.24) is 14.7 Å². The predicted octanol–water partition coefficient (Wildman–Crippen LogP) is 5.50. The number of rotatable bonds is 10. The van der Waals surface area contributed by atoms with Crippen LogP contribution >= 0.6 is 0 Å². The number of aliphatic hydroxyl groups excluding tert-OH is 1. The number of hydrogen-bond acceptors (Lipinski definition) is 5. The van der Waals surface area contributed by atoms with Gasteiger partial charge < -0.3 is 14.6 Å². The molecular formula is C28H30FN3O3. The van der Waals surface area contributed by atoms with Crippen LogP contribution in [0.25, 0.3) is 5.69 Å². The zero-order chi connectivity index (χ0) is 24.8. The van der Waals surface area contributed by atoms with Crippen LogP contribution < -0.4 is 9.47 Å². The Labute approximate surface area is 205 Å². The smallest absolute Gasteiger partial charge is 0.227 e. The Hall–Kier alpha value is -3.68. The molecule has 3 aromatic carbocycles. The molecule has 0 bridgehead atoms. The van der Waals surface area contributed by atoms with Gasteiger partial charge >= 0.3 is 0 Å². The number of hydrogen-bond donors (Lipinski definition) is 1. The number of halogens is 1. The van der Waals surface area contributed by atoms with Crippen molar-refractivity contribution < 1.29 is 19.0 Å². The number of aryl methyl sites for hydroxylation is 1. The van der Waals surface area contributed by atoms with E-state index in [1.165, 1.54) is 12.1 Å². The third-order valence-corrected chi connectivity index (χ3v) is 5.64. The molecule has 1 heterocycles. The molecule has 7 heteroatoms. The maximum Gasteiger partial charge on any atom is 0.227 e. The molecule has 0 aliphatic carbocycles. The van der Waals surface area contributed by atoms with E-state index in [0.717, 1.165) is 22.5 Å². The first kappa shape index (κ1) is 24.4. The standard InChI is InChI=1S/C28H30FN3O3/c1-20(33)17-31(18-22-13-15-23(29)16-14-22)19-25-21(2)30-32(24-9-5-4-6-10-24)28(25)35-27-12-8-7-11-26(27)34-3/h4-16,20,33H,17-19H2,1-3H3. The molecule has 35 heavy (non-hydrogen) atoms. The van der Waals surface area contributed by atoms with E-state index < -0.39 is 6.10 Å². The Morgan fingerprint density at radius 3 is 2.26 bits per heavy atom. The van der Waals surface area contributed by atoms with Crippen molar-refractivity contribution in [3.8, 4) is 23.1 Å². The molecule has 0 radical (unpaired) electrons. The minimum atomic E-state index is -0.543. The van der Waals surface area contributed by atoms with Gasteiger partial charge in [0.05, 0.1) is 30.2 Å². The number of ether oxygens (including phenoxy) is 2. The summed E-state index contributed by atoms with van der Waals surface area (Å²) in [6.07, 6.45) is -0.543. The summed E-state index contributed by atoms with van der Waals surface area (Å²) in [7, 11) is 1.61. The average Bonchev–Trinajstić information content (AvgIpc) is 3.16. The van der Waals surface area contributed by atoms with Gasteiger partial charge in [-0.2, -0.15) is 5.10 Å². The van der Waals surface area contributed by atoms with Gasteiger partial charge in [0.1, 0.15) is 5.82 Å². The first-order valence-corrected chi connectivity index (χ1v) is 11.5. The predicted molar refractivity (Wildman–Crippen MR) is 134 cm³/mol.